The van der Waals surface area contributed by atoms with Gasteiger partial charge in [-0.1, -0.05) is 49.5 Å². The Kier molecular flexibility index (Phi) is 7.04. The summed E-state index contributed by atoms with van der Waals surface area (Å²) in [6.07, 6.45) is 7.14. The molecule has 2 aliphatic carbocycles. The maximum Gasteiger partial charge on any atom is 0.323 e. The Labute approximate surface area is 228 Å². The number of carbonyl (C=O) groups is 3. The molecule has 0 saturated carbocycles. The summed E-state index contributed by atoms with van der Waals surface area (Å²) in [4.78, 5) is 41.3. The number of halogens is 2. The second kappa shape index (κ2) is 9.50. The van der Waals surface area contributed by atoms with Crippen LogP contribution in [-0.2, 0) is 14.4 Å². The first-order chi connectivity index (χ1) is 16.7. The molecule has 1 heterocycles. The van der Waals surface area contributed by atoms with Gasteiger partial charge in [0.15, 0.2) is 11.6 Å². The van der Waals surface area contributed by atoms with Crippen LogP contribution in [0, 0.1) is 23.2 Å². The number of carboxylic acids is 1. The molecule has 1 aromatic carbocycles. The van der Waals surface area contributed by atoms with Gasteiger partial charge in [-0.25, -0.2) is 0 Å². The van der Waals surface area contributed by atoms with E-state index in [-0.39, 0.29) is 35.5 Å². The van der Waals surface area contributed by atoms with Crippen molar-refractivity contribution in [2.75, 3.05) is 13.2 Å². The lowest BCUT2D eigenvalue weighted by atomic mass is 9.63. The highest BCUT2D eigenvalue weighted by atomic mass is 79.9. The van der Waals surface area contributed by atoms with Gasteiger partial charge in [-0.15, -0.1) is 6.42 Å². The van der Waals surface area contributed by atoms with E-state index in [0.29, 0.717) is 64.0 Å². The highest BCUT2D eigenvalue weighted by Crippen LogP contribution is 2.56. The van der Waals surface area contributed by atoms with Gasteiger partial charge in [0.05, 0.1) is 4.47 Å². The summed E-state index contributed by atoms with van der Waals surface area (Å²) >= 11 is 7.12. The third-order valence-corrected chi connectivity index (χ3v) is 8.01. The molecule has 3 aliphatic rings. The predicted octanol–water partition coefficient (Wildman–Crippen LogP) is 5.99. The molecule has 0 radical (unpaired) electrons. The van der Waals surface area contributed by atoms with E-state index in [1.54, 1.807) is 4.90 Å². The zero-order chi connectivity index (χ0) is 26.6. The number of allylic oxidation sites excluding steroid dienone is 4. The number of carbonyl (C=O) groups excluding carboxylic acids is 2. The van der Waals surface area contributed by atoms with Crippen molar-refractivity contribution in [3.63, 3.8) is 0 Å². The number of hydrogen-bond donors (Lipinski definition) is 1. The van der Waals surface area contributed by atoms with Crippen molar-refractivity contribution < 1.29 is 24.2 Å². The van der Waals surface area contributed by atoms with Gasteiger partial charge in [0.25, 0.3) is 0 Å². The van der Waals surface area contributed by atoms with Crippen LogP contribution in [0.3, 0.4) is 0 Å². The maximum atomic E-state index is 13.8. The predicted molar refractivity (Wildman–Crippen MR) is 143 cm³/mol. The van der Waals surface area contributed by atoms with Crippen LogP contribution in [0.15, 0.2) is 43.6 Å². The summed E-state index contributed by atoms with van der Waals surface area (Å²) in [7, 11) is 0. The minimum Gasteiger partial charge on any atom is -0.480 e. The molecule has 1 N–H and O–H groups in total. The molecule has 190 valence electrons. The van der Waals surface area contributed by atoms with Crippen molar-refractivity contribution in [3.05, 3.63) is 49.2 Å². The zero-order valence-electron chi connectivity index (χ0n) is 20.8. The molecule has 0 amide bonds. The van der Waals surface area contributed by atoms with Crippen molar-refractivity contribution >= 4 is 49.4 Å². The van der Waals surface area contributed by atoms with E-state index in [2.05, 4.69) is 37.8 Å². The number of ketones is 2. The molecule has 4 rings (SSSR count). The Morgan fingerprint density at radius 3 is 2.06 bits per heavy atom. The number of Topliss-reactive ketones (excluding diaryl/α,β-unsaturated/α-hetero) is 2. The van der Waals surface area contributed by atoms with Gasteiger partial charge in [-0.3, -0.25) is 14.4 Å². The number of nitrogens with zero attached hydrogens (tertiary/aromatic N) is 1. The van der Waals surface area contributed by atoms with E-state index >= 15 is 0 Å². The largest absolute Gasteiger partial charge is 0.480 e. The fourth-order valence-corrected chi connectivity index (χ4v) is 7.12. The Balaban J connectivity index is 2.07. The summed E-state index contributed by atoms with van der Waals surface area (Å²) < 4.78 is 7.35. The van der Waals surface area contributed by atoms with E-state index in [4.69, 9.17) is 11.2 Å². The van der Waals surface area contributed by atoms with Crippen molar-refractivity contribution in [3.8, 4) is 18.1 Å². The van der Waals surface area contributed by atoms with Crippen LogP contribution in [0.2, 0.25) is 0 Å². The van der Waals surface area contributed by atoms with Gasteiger partial charge >= 0.3 is 5.97 Å². The minimum absolute atomic E-state index is 0.0187. The summed E-state index contributed by atoms with van der Waals surface area (Å²) in [5, 5.41) is 9.83. The van der Waals surface area contributed by atoms with E-state index in [1.165, 1.54) is 0 Å². The number of terminal acetylenes is 1. The average molecular weight is 619 g/mol. The first-order valence-corrected chi connectivity index (χ1v) is 13.4. The number of ether oxygens (including phenoxy) is 1. The number of rotatable bonds is 5. The lowest BCUT2D eigenvalue weighted by molar-refractivity contribution is -0.138. The standard InChI is InChI=1S/C28H29Br2NO5/c1-6-7-36-26-16(8-15(29)9-17(26)30)23-24-18(10-27(2,3)12-20(24)32)31(14-22(34)35)19-11-28(4,5)13-21(33)25(19)23/h1,8-9,23H,7,10-14H2,2-5H3,(H,34,35). The van der Waals surface area contributed by atoms with Gasteiger partial charge in [-0.2, -0.15) is 0 Å². The van der Waals surface area contributed by atoms with Crippen LogP contribution in [0.5, 0.6) is 5.75 Å². The quantitative estimate of drug-likeness (QED) is 0.408. The molecule has 36 heavy (non-hydrogen) atoms. The first-order valence-electron chi connectivity index (χ1n) is 11.8. The van der Waals surface area contributed by atoms with Crippen LogP contribution in [0.1, 0.15) is 64.9 Å². The number of carboxylic acid groups (broad SMARTS) is 1. The third-order valence-electron chi connectivity index (χ3n) is 6.96. The second-order valence-electron chi connectivity index (χ2n) is 11.3. The smallest absolute Gasteiger partial charge is 0.323 e. The molecule has 1 aromatic rings. The van der Waals surface area contributed by atoms with Gasteiger partial charge in [0, 0.05) is 51.3 Å². The van der Waals surface area contributed by atoms with Crippen molar-refractivity contribution in [1.82, 2.24) is 4.90 Å². The first kappa shape index (κ1) is 26.7. The highest BCUT2D eigenvalue weighted by Gasteiger charge is 2.50. The Hall–Kier alpha value is -2.37. The molecule has 0 saturated heterocycles. The third kappa shape index (κ3) is 4.92. The number of hydrogen-bond acceptors (Lipinski definition) is 5. The lowest BCUT2D eigenvalue weighted by Crippen LogP contribution is -2.45. The lowest BCUT2D eigenvalue weighted by Gasteiger charge is -2.48. The van der Waals surface area contributed by atoms with Gasteiger partial charge < -0.3 is 14.7 Å². The fraction of sp³-hybridized carbons (Fsp3) is 0.464. The molecule has 0 atom stereocenters. The van der Waals surface area contributed by atoms with Crippen molar-refractivity contribution in [2.24, 2.45) is 10.8 Å². The molecule has 8 heteroatoms. The summed E-state index contributed by atoms with van der Waals surface area (Å²) in [6, 6.07) is 3.69. The van der Waals surface area contributed by atoms with E-state index < -0.39 is 11.9 Å². The number of aliphatic carboxylic acids is 1. The Bertz CT molecular complexity index is 1230. The topological polar surface area (TPSA) is 83.9 Å². The van der Waals surface area contributed by atoms with Crippen LogP contribution in [0.4, 0.5) is 0 Å². The fourth-order valence-electron chi connectivity index (χ4n) is 5.75. The molecule has 6 nitrogen and oxygen atoms in total. The van der Waals surface area contributed by atoms with Crippen LogP contribution in [-0.4, -0.2) is 40.7 Å². The van der Waals surface area contributed by atoms with Crippen LogP contribution >= 0.6 is 31.9 Å². The van der Waals surface area contributed by atoms with Gasteiger partial charge in [0.2, 0.25) is 0 Å². The molecular formula is C28H29Br2NO5. The highest BCUT2D eigenvalue weighted by molar-refractivity contribution is 9.11. The van der Waals surface area contributed by atoms with Gasteiger partial charge in [-0.05, 0) is 51.7 Å². The van der Waals surface area contributed by atoms with Crippen molar-refractivity contribution in [2.45, 2.75) is 59.3 Å². The van der Waals surface area contributed by atoms with E-state index in [1.807, 2.05) is 39.8 Å². The Morgan fingerprint density at radius 1 is 1.06 bits per heavy atom. The summed E-state index contributed by atoms with van der Waals surface area (Å²) in [5.74, 6) is 1.11. The monoisotopic (exact) mass is 617 g/mol. The SMILES string of the molecule is C#CCOc1c(Br)cc(Br)cc1C1C2=C(CC(C)(C)CC2=O)N(CC(=O)O)C2=C1C(=O)CC(C)(C)C2. The zero-order valence-corrected chi connectivity index (χ0v) is 24.0. The molecule has 0 bridgehead atoms. The molecule has 1 aliphatic heterocycles. The van der Waals surface area contributed by atoms with E-state index in [9.17, 15) is 19.5 Å². The van der Waals surface area contributed by atoms with Gasteiger partial charge in [0.1, 0.15) is 18.9 Å². The number of benzene rings is 1. The molecule has 0 spiro atoms. The van der Waals surface area contributed by atoms with E-state index in [0.717, 1.165) is 4.47 Å². The van der Waals surface area contributed by atoms with Crippen LogP contribution < -0.4 is 4.74 Å². The molecule has 0 aromatic heterocycles. The van der Waals surface area contributed by atoms with Crippen LogP contribution in [0.25, 0.3) is 0 Å². The Morgan fingerprint density at radius 2 is 1.58 bits per heavy atom. The summed E-state index contributed by atoms with van der Waals surface area (Å²) in [5.41, 5.74) is 2.31. The molecule has 0 unspecified atom stereocenters. The molecule has 0 fully saturated rings. The minimum atomic E-state index is -1.01. The maximum absolute atomic E-state index is 13.8. The summed E-state index contributed by atoms with van der Waals surface area (Å²) in [6.45, 7) is 7.77. The molecular weight excluding hydrogens is 590 g/mol. The second-order valence-corrected chi connectivity index (χ2v) is 13.1. The average Bonchev–Trinajstić information content (AvgIpc) is 2.71. The van der Waals surface area contributed by atoms with Crippen molar-refractivity contribution in [1.29, 1.82) is 0 Å². The normalized spacial score (nSPS) is 21.2.